The van der Waals surface area contributed by atoms with Gasteiger partial charge < -0.3 is 23.7 Å². The van der Waals surface area contributed by atoms with Crippen LogP contribution in [0.5, 0.6) is 5.75 Å². The largest absolute Gasteiger partial charge is 0.496 e. The van der Waals surface area contributed by atoms with Crippen LogP contribution in [0.3, 0.4) is 0 Å². The molecule has 0 spiro atoms. The summed E-state index contributed by atoms with van der Waals surface area (Å²) >= 11 is 0. The molecule has 1 aromatic carbocycles. The average Bonchev–Trinajstić information content (AvgIpc) is 3.14. The molecule has 1 fully saturated rings. The van der Waals surface area contributed by atoms with E-state index in [-0.39, 0.29) is 12.0 Å². The number of benzene rings is 1. The van der Waals surface area contributed by atoms with Gasteiger partial charge in [-0.05, 0) is 58.6 Å². The highest BCUT2D eigenvalue weighted by Crippen LogP contribution is 2.38. The van der Waals surface area contributed by atoms with Crippen molar-refractivity contribution in [2.45, 2.75) is 59.0 Å². The molecule has 1 aromatic heterocycles. The molecule has 0 unspecified atom stereocenters. The van der Waals surface area contributed by atoms with Crippen LogP contribution in [0.15, 0.2) is 22.6 Å². The summed E-state index contributed by atoms with van der Waals surface area (Å²) in [4.78, 5) is 28.7. The van der Waals surface area contributed by atoms with Crippen LogP contribution >= 0.6 is 0 Å². The van der Waals surface area contributed by atoms with Crippen LogP contribution in [-0.4, -0.2) is 60.7 Å². The topological polar surface area (TPSA) is 72.2 Å². The van der Waals surface area contributed by atoms with Crippen LogP contribution in [0.25, 0.3) is 16.5 Å². The lowest BCUT2D eigenvalue weighted by molar-refractivity contribution is -0.127. The summed E-state index contributed by atoms with van der Waals surface area (Å²) in [5.41, 5.74) is 3.36. The zero-order chi connectivity index (χ0) is 23.8. The minimum absolute atomic E-state index is 0.0623. The molecule has 4 rings (SSSR count). The van der Waals surface area contributed by atoms with Crippen LogP contribution in [0.2, 0.25) is 0 Å². The Morgan fingerprint density at radius 2 is 1.70 bits per heavy atom. The number of piperazine rings is 1. The van der Waals surface area contributed by atoms with Gasteiger partial charge in [-0.15, -0.1) is 0 Å². The van der Waals surface area contributed by atoms with Crippen molar-refractivity contribution in [1.29, 1.82) is 0 Å². The van der Waals surface area contributed by atoms with Crippen molar-refractivity contribution in [2.75, 3.05) is 33.3 Å². The zero-order valence-corrected chi connectivity index (χ0v) is 20.3. The number of rotatable bonds is 3. The van der Waals surface area contributed by atoms with Gasteiger partial charge in [0.25, 0.3) is 0 Å². The minimum Gasteiger partial charge on any atom is -0.496 e. The van der Waals surface area contributed by atoms with Gasteiger partial charge in [0, 0.05) is 61.3 Å². The maximum absolute atomic E-state index is 13.0. The predicted molar refractivity (Wildman–Crippen MR) is 127 cm³/mol. The van der Waals surface area contributed by atoms with Crippen molar-refractivity contribution in [2.24, 2.45) is 0 Å². The van der Waals surface area contributed by atoms with Crippen molar-refractivity contribution in [3.05, 3.63) is 35.1 Å². The Morgan fingerprint density at radius 3 is 2.36 bits per heavy atom. The van der Waals surface area contributed by atoms with E-state index in [4.69, 9.17) is 13.9 Å². The van der Waals surface area contributed by atoms with Crippen LogP contribution in [0, 0.1) is 0 Å². The fraction of sp³-hybridized carbons (Fsp3) is 0.538. The summed E-state index contributed by atoms with van der Waals surface area (Å²) in [6, 6.07) is 4.03. The first-order valence-electron chi connectivity index (χ1n) is 11.7. The third-order valence-electron chi connectivity index (χ3n) is 6.29. The van der Waals surface area contributed by atoms with Gasteiger partial charge in [0.05, 0.1) is 7.11 Å². The summed E-state index contributed by atoms with van der Waals surface area (Å²) in [5.74, 6) is 1.72. The Bertz CT molecular complexity index is 1080. The molecule has 2 aromatic rings. The first kappa shape index (κ1) is 23.2. The molecule has 0 radical (unpaired) electrons. The van der Waals surface area contributed by atoms with Crippen molar-refractivity contribution in [3.8, 4) is 5.75 Å². The maximum atomic E-state index is 13.0. The van der Waals surface area contributed by atoms with Crippen LogP contribution in [-0.2, 0) is 22.4 Å². The first-order valence-corrected chi connectivity index (χ1v) is 11.7. The quantitative estimate of drug-likeness (QED) is 0.623. The SMILES string of the molecule is COc1cc2oc3c(c2cc1/C(C)=C/C(=O)N1CCN(C(=O)OC(C)(C)C)CC1)CCCC3. The molecule has 1 aliphatic carbocycles. The molecule has 0 saturated carbocycles. The number of carbonyl (C=O) groups excluding carboxylic acids is 2. The molecule has 2 heterocycles. The van der Waals surface area contributed by atoms with E-state index in [0.29, 0.717) is 31.9 Å². The molecule has 1 aliphatic heterocycles. The van der Waals surface area contributed by atoms with E-state index in [1.54, 1.807) is 23.0 Å². The number of hydrogen-bond acceptors (Lipinski definition) is 5. The van der Waals surface area contributed by atoms with E-state index in [2.05, 4.69) is 6.07 Å². The Labute approximate surface area is 195 Å². The Balaban J connectivity index is 1.49. The Hall–Kier alpha value is -2.96. The van der Waals surface area contributed by atoms with Crippen molar-refractivity contribution in [1.82, 2.24) is 9.80 Å². The molecule has 7 nitrogen and oxygen atoms in total. The second-order valence-electron chi connectivity index (χ2n) is 9.88. The fourth-order valence-corrected chi connectivity index (χ4v) is 4.56. The first-order chi connectivity index (χ1) is 15.7. The van der Waals surface area contributed by atoms with Crippen LogP contribution in [0.4, 0.5) is 4.79 Å². The highest BCUT2D eigenvalue weighted by Gasteiger charge is 2.27. The molecule has 0 atom stereocenters. The average molecular weight is 455 g/mol. The number of aryl methyl sites for hydroxylation is 2. The second-order valence-corrected chi connectivity index (χ2v) is 9.88. The summed E-state index contributed by atoms with van der Waals surface area (Å²) in [7, 11) is 1.64. The fourth-order valence-electron chi connectivity index (χ4n) is 4.56. The minimum atomic E-state index is -0.529. The molecule has 2 aliphatic rings. The zero-order valence-electron chi connectivity index (χ0n) is 20.3. The Kier molecular flexibility index (Phi) is 6.41. The number of furan rings is 1. The van der Waals surface area contributed by atoms with Gasteiger partial charge in [0.1, 0.15) is 22.7 Å². The summed E-state index contributed by atoms with van der Waals surface area (Å²) in [6.45, 7) is 9.37. The summed E-state index contributed by atoms with van der Waals surface area (Å²) in [5, 5.41) is 1.12. The highest BCUT2D eigenvalue weighted by molar-refractivity contribution is 5.97. The molecule has 2 amide bonds. The van der Waals surface area contributed by atoms with Gasteiger partial charge in [-0.3, -0.25) is 4.79 Å². The Morgan fingerprint density at radius 1 is 1.03 bits per heavy atom. The molecule has 0 bridgehead atoms. The smallest absolute Gasteiger partial charge is 0.410 e. The lowest BCUT2D eigenvalue weighted by Gasteiger charge is -2.35. The summed E-state index contributed by atoms with van der Waals surface area (Å²) in [6.07, 6.45) is 5.67. The molecule has 33 heavy (non-hydrogen) atoms. The van der Waals surface area contributed by atoms with Crippen LogP contribution in [0.1, 0.15) is 57.4 Å². The number of carbonyl (C=O) groups is 2. The number of ether oxygens (including phenoxy) is 2. The number of hydrogen-bond donors (Lipinski definition) is 0. The van der Waals surface area contributed by atoms with Gasteiger partial charge in [-0.1, -0.05) is 0 Å². The third kappa shape index (κ3) is 5.02. The van der Waals surface area contributed by atoms with Gasteiger partial charge in [-0.25, -0.2) is 4.79 Å². The molecule has 0 N–H and O–H groups in total. The van der Waals surface area contributed by atoms with E-state index in [0.717, 1.165) is 47.1 Å². The van der Waals surface area contributed by atoms with Gasteiger partial charge in [0.2, 0.25) is 5.91 Å². The molecule has 1 saturated heterocycles. The third-order valence-corrected chi connectivity index (χ3v) is 6.29. The van der Waals surface area contributed by atoms with Crippen molar-refractivity contribution in [3.63, 3.8) is 0 Å². The normalized spacial score (nSPS) is 17.2. The molecular formula is C26H34N2O5. The lowest BCUT2D eigenvalue weighted by Crippen LogP contribution is -2.51. The number of fused-ring (bicyclic) bond motifs is 3. The molecule has 178 valence electrons. The van der Waals surface area contributed by atoms with Crippen LogP contribution < -0.4 is 4.74 Å². The lowest BCUT2D eigenvalue weighted by atomic mass is 9.94. The number of nitrogens with zero attached hydrogens (tertiary/aromatic N) is 2. The predicted octanol–water partition coefficient (Wildman–Crippen LogP) is 4.80. The van der Waals surface area contributed by atoms with E-state index >= 15 is 0 Å². The standard InChI is InChI=1S/C26H34N2O5/c1-17(14-24(29)27-10-12-28(13-11-27)25(30)33-26(2,3)4)19-15-20-18-8-6-7-9-21(18)32-23(20)16-22(19)31-5/h14-16H,6-13H2,1-5H3/b17-14+. The summed E-state index contributed by atoms with van der Waals surface area (Å²) < 4.78 is 17.2. The monoisotopic (exact) mass is 454 g/mol. The van der Waals surface area contributed by atoms with Gasteiger partial charge >= 0.3 is 6.09 Å². The molecular weight excluding hydrogens is 420 g/mol. The number of methoxy groups -OCH3 is 1. The van der Waals surface area contributed by atoms with Gasteiger partial charge in [-0.2, -0.15) is 0 Å². The molecule has 7 heteroatoms. The van der Waals surface area contributed by atoms with E-state index in [1.165, 1.54) is 12.0 Å². The van der Waals surface area contributed by atoms with Crippen molar-refractivity contribution < 1.29 is 23.5 Å². The van der Waals surface area contributed by atoms with E-state index < -0.39 is 5.60 Å². The number of allylic oxidation sites excluding steroid dienone is 1. The van der Waals surface area contributed by atoms with Crippen molar-refractivity contribution >= 4 is 28.5 Å². The number of amides is 2. The van der Waals surface area contributed by atoms with E-state index in [9.17, 15) is 9.59 Å². The highest BCUT2D eigenvalue weighted by atomic mass is 16.6. The maximum Gasteiger partial charge on any atom is 0.410 e. The second kappa shape index (κ2) is 9.12. The van der Waals surface area contributed by atoms with Gasteiger partial charge in [0.15, 0.2) is 0 Å². The van der Waals surface area contributed by atoms with E-state index in [1.807, 2.05) is 33.8 Å².